The molecule has 0 bridgehead atoms. The second-order valence-electron chi connectivity index (χ2n) is 8.60. The van der Waals surface area contributed by atoms with E-state index in [1.54, 1.807) is 18.5 Å². The van der Waals surface area contributed by atoms with Crippen molar-refractivity contribution in [1.29, 1.82) is 0 Å². The molecule has 7 nitrogen and oxygen atoms in total. The van der Waals surface area contributed by atoms with Crippen LogP contribution in [0, 0.1) is 0 Å². The summed E-state index contributed by atoms with van der Waals surface area (Å²) < 4.78 is 3.16. The molecule has 8 heteroatoms. The van der Waals surface area contributed by atoms with Crippen LogP contribution in [0.3, 0.4) is 0 Å². The van der Waals surface area contributed by atoms with Crippen molar-refractivity contribution in [3.63, 3.8) is 0 Å². The molecule has 1 unspecified atom stereocenters. The van der Waals surface area contributed by atoms with Crippen LogP contribution in [-0.2, 0) is 0 Å². The Morgan fingerprint density at radius 2 is 1.60 bits per heavy atom. The first kappa shape index (κ1) is 20.0. The molecule has 30 heavy (non-hydrogen) atoms. The molecule has 1 saturated carbocycles. The second-order valence-corrected chi connectivity index (χ2v) is 9.75. The quantitative estimate of drug-likeness (QED) is 0.583. The van der Waals surface area contributed by atoms with Crippen LogP contribution in [0.5, 0.6) is 5.75 Å². The second kappa shape index (κ2) is 8.29. The van der Waals surface area contributed by atoms with Gasteiger partial charge in [-0.1, -0.05) is 0 Å². The van der Waals surface area contributed by atoms with E-state index in [9.17, 15) is 5.11 Å². The van der Waals surface area contributed by atoms with Gasteiger partial charge in [0.1, 0.15) is 0 Å². The Bertz CT molecular complexity index is 1020. The Morgan fingerprint density at radius 1 is 0.933 bits per heavy atom. The number of aromatic nitrogens is 4. The molecule has 0 spiro atoms. The van der Waals surface area contributed by atoms with E-state index < -0.39 is 0 Å². The number of phenolic OH excluding ortho intramolecular Hbond substituents is 1. The summed E-state index contributed by atoms with van der Waals surface area (Å²) >= 11 is 1.49. The van der Waals surface area contributed by atoms with Crippen molar-refractivity contribution < 1.29 is 5.11 Å². The Labute approximate surface area is 185 Å². The van der Waals surface area contributed by atoms with Gasteiger partial charge in [0.15, 0.2) is 0 Å². The molecule has 2 aromatic heterocycles. The van der Waals surface area contributed by atoms with Gasteiger partial charge >= 0.3 is 179 Å². The first-order valence-corrected chi connectivity index (χ1v) is 12.0. The van der Waals surface area contributed by atoms with Gasteiger partial charge in [0, 0.05) is 0 Å². The van der Waals surface area contributed by atoms with E-state index in [0.717, 1.165) is 39.6 Å². The van der Waals surface area contributed by atoms with Crippen molar-refractivity contribution in [3.8, 4) is 17.0 Å². The van der Waals surface area contributed by atoms with Crippen LogP contribution in [0.4, 0.5) is 0 Å². The monoisotopic (exact) mass is 468 g/mol. The molecule has 0 amide bonds. The fourth-order valence-corrected chi connectivity index (χ4v) is 5.62. The minimum absolute atomic E-state index is 0.266. The number of piperazine rings is 1. The SMILES string of the molecule is CN1CCN(C2CCC(n3nc(-c4ccc(O)cc4)c4c([AsH2])ncnc43)CC2)CC1. The van der Waals surface area contributed by atoms with Gasteiger partial charge in [-0.25, -0.2) is 0 Å². The molecule has 1 N–H and O–H groups in total. The molecule has 1 aliphatic carbocycles. The fraction of sp³-hybridized carbons (Fsp3) is 0.500. The average molecular weight is 468 g/mol. The van der Waals surface area contributed by atoms with Crippen LogP contribution in [0.2, 0.25) is 0 Å². The van der Waals surface area contributed by atoms with Gasteiger partial charge in [-0.15, -0.1) is 0 Å². The zero-order valence-corrected chi connectivity index (χ0v) is 19.8. The van der Waals surface area contributed by atoms with E-state index in [0.29, 0.717) is 12.1 Å². The molecule has 1 saturated heterocycles. The third kappa shape index (κ3) is 3.75. The molecule has 2 fully saturated rings. The van der Waals surface area contributed by atoms with Gasteiger partial charge in [0.25, 0.3) is 0 Å². The first-order chi connectivity index (χ1) is 14.6. The summed E-state index contributed by atoms with van der Waals surface area (Å²) in [6, 6.07) is 8.35. The summed E-state index contributed by atoms with van der Waals surface area (Å²) in [5, 5.41) is 15.8. The van der Waals surface area contributed by atoms with Gasteiger partial charge in [0.05, 0.1) is 0 Å². The number of nitrogens with zero attached hydrogens (tertiary/aromatic N) is 6. The summed E-state index contributed by atoms with van der Waals surface area (Å²) in [6.07, 6.45) is 6.37. The summed E-state index contributed by atoms with van der Waals surface area (Å²) in [7, 11) is 2.22. The van der Waals surface area contributed by atoms with Crippen LogP contribution >= 0.6 is 0 Å². The maximum absolute atomic E-state index is 9.67. The van der Waals surface area contributed by atoms with E-state index in [1.807, 2.05) is 12.1 Å². The summed E-state index contributed by atoms with van der Waals surface area (Å²) in [5.41, 5.74) is 2.86. The van der Waals surface area contributed by atoms with Crippen LogP contribution in [-0.4, -0.2) is 90.8 Å². The van der Waals surface area contributed by atoms with Gasteiger partial charge in [-0.05, 0) is 7.05 Å². The van der Waals surface area contributed by atoms with Crippen LogP contribution < -0.4 is 4.48 Å². The maximum atomic E-state index is 9.67. The molecular formula is C22H29AsN6O. The Balaban J connectivity index is 1.41. The Kier molecular flexibility index (Phi) is 5.52. The van der Waals surface area contributed by atoms with Crippen molar-refractivity contribution in [2.45, 2.75) is 37.8 Å². The normalized spacial score (nSPS) is 23.8. The minimum atomic E-state index is 0.266. The first-order valence-electron chi connectivity index (χ1n) is 10.8. The Morgan fingerprint density at radius 3 is 2.30 bits per heavy atom. The standard InChI is InChI=1S/C22H29AsN6O/c1-27-10-12-28(13-11-27)16-4-6-17(7-5-16)29-22-19(21(23)24-14-25-22)20(26-29)15-2-8-18(30)9-3-15/h2-3,8-9,14,16-17,30H,4-7,10-13,23H2,1H3. The van der Waals surface area contributed by atoms with Crippen molar-refractivity contribution in [1.82, 2.24) is 29.5 Å². The molecule has 1 aromatic carbocycles. The predicted molar refractivity (Wildman–Crippen MR) is 121 cm³/mol. The summed E-state index contributed by atoms with van der Waals surface area (Å²) in [4.78, 5) is 14.2. The van der Waals surface area contributed by atoms with E-state index in [2.05, 4.69) is 31.5 Å². The average Bonchev–Trinajstić information content (AvgIpc) is 3.16. The van der Waals surface area contributed by atoms with E-state index in [4.69, 9.17) is 5.10 Å². The number of likely N-dealkylation sites (N-methyl/N-ethyl adjacent to an activating group) is 1. The zero-order valence-electron chi connectivity index (χ0n) is 17.4. The van der Waals surface area contributed by atoms with Crippen LogP contribution in [0.15, 0.2) is 30.6 Å². The number of aromatic hydroxyl groups is 1. The van der Waals surface area contributed by atoms with E-state index in [1.165, 1.54) is 55.9 Å². The molecule has 3 aromatic rings. The van der Waals surface area contributed by atoms with Crippen molar-refractivity contribution >= 4 is 32.4 Å². The molecule has 1 aliphatic heterocycles. The third-order valence-corrected chi connectivity index (χ3v) is 7.64. The van der Waals surface area contributed by atoms with E-state index in [-0.39, 0.29) is 5.75 Å². The molecule has 1 atom stereocenters. The molecule has 3 heterocycles. The number of fused-ring (bicyclic) bond motifs is 1. The van der Waals surface area contributed by atoms with Gasteiger partial charge in [0.2, 0.25) is 0 Å². The predicted octanol–water partition coefficient (Wildman–Crippen LogP) is 1.19. The topological polar surface area (TPSA) is 70.3 Å². The molecule has 2 aliphatic rings. The van der Waals surface area contributed by atoms with Gasteiger partial charge in [-0.3, -0.25) is 0 Å². The summed E-state index contributed by atoms with van der Waals surface area (Å²) in [6.45, 7) is 4.74. The third-order valence-electron chi connectivity index (χ3n) is 6.73. The van der Waals surface area contributed by atoms with Crippen LogP contribution in [0.25, 0.3) is 22.3 Å². The van der Waals surface area contributed by atoms with Crippen LogP contribution in [0.1, 0.15) is 31.7 Å². The summed E-state index contributed by atoms with van der Waals surface area (Å²) in [5.74, 6) is 0.266. The van der Waals surface area contributed by atoms with Gasteiger partial charge < -0.3 is 0 Å². The zero-order chi connectivity index (χ0) is 20.7. The molecule has 0 radical (unpaired) electrons. The number of rotatable bonds is 3. The van der Waals surface area contributed by atoms with E-state index >= 15 is 0 Å². The number of hydrogen-bond donors (Lipinski definition) is 1. The van der Waals surface area contributed by atoms with Gasteiger partial charge in [-0.2, -0.15) is 0 Å². The number of benzene rings is 1. The van der Waals surface area contributed by atoms with Crippen molar-refractivity contribution in [3.05, 3.63) is 30.6 Å². The molecular weight excluding hydrogens is 439 g/mol. The fourth-order valence-electron chi connectivity index (χ4n) is 4.93. The molecule has 158 valence electrons. The number of hydrogen-bond acceptors (Lipinski definition) is 6. The van der Waals surface area contributed by atoms with Crippen molar-refractivity contribution in [2.24, 2.45) is 0 Å². The number of phenols is 1. The molecule has 5 rings (SSSR count). The van der Waals surface area contributed by atoms with Crippen molar-refractivity contribution in [2.75, 3.05) is 33.2 Å². The Hall–Kier alpha value is -1.95.